The van der Waals surface area contributed by atoms with Crippen LogP contribution in [0.4, 0.5) is 70.2 Å². The minimum atomic E-state index is -5.37. The Morgan fingerprint density at radius 3 is 1.11 bits per heavy atom. The van der Waals surface area contributed by atoms with E-state index in [9.17, 15) is 86.6 Å². The standard InChI is InChI=1S/C36H41F8N3O4.C34H37F8N3O4/c1-8-51-29(49)17-26(31-32(37)23(15-25(33(31)38)36(42,43)44)30-20(4)10-9-11-21(30)5)45-34(50)27(14-19(2)3)47-18-22(12-13-46(6)7)24(16-28(47)48)35(39,40)41;1-17(2)12-25(45-16-20(10-11-44(5)6)22(14-26(45)46)33(37,38)39)32(49)43-24(15-27(47)48)29-30(35)21(13-23(31(29)36)34(40,41)42)28-18(3)8-7-9-19(28)4/h9-11,15-16,18-19,26-27H,8,12-14,17H2,1-7H3,(H,45,50);7-9,13-14,16-17,24-25H,10-12,15H2,1-6H3,(H,43,49)(H,47,48)/t26-,27?;24-,25?/m00/s1. The van der Waals surface area contributed by atoms with Gasteiger partial charge in [-0.05, 0) is 157 Å². The quantitative estimate of drug-likeness (QED) is 0.0370. The Bertz CT molecular complexity index is 4040. The number of esters is 1. The third-order valence-corrected chi connectivity index (χ3v) is 16.2. The second-order valence-electron chi connectivity index (χ2n) is 25.6. The van der Waals surface area contributed by atoms with E-state index < -0.39 is 170 Å². The zero-order valence-corrected chi connectivity index (χ0v) is 56.9. The molecule has 0 spiro atoms. The molecule has 0 aliphatic carbocycles. The van der Waals surface area contributed by atoms with Crippen molar-refractivity contribution in [2.24, 2.45) is 11.8 Å². The lowest BCUT2D eigenvalue weighted by atomic mass is 9.89. The lowest BCUT2D eigenvalue weighted by Gasteiger charge is -2.28. The van der Waals surface area contributed by atoms with E-state index in [2.05, 4.69) is 10.6 Å². The number of rotatable bonds is 25. The average Bonchev–Trinajstić information content (AvgIpc) is 0.765. The summed E-state index contributed by atoms with van der Waals surface area (Å²) < 4.78 is 240. The molecule has 0 radical (unpaired) electrons. The molecule has 14 nitrogen and oxygen atoms in total. The highest BCUT2D eigenvalue weighted by molar-refractivity contribution is 5.84. The van der Waals surface area contributed by atoms with Gasteiger partial charge in [-0.15, -0.1) is 0 Å². The summed E-state index contributed by atoms with van der Waals surface area (Å²) in [6, 6.07) is 2.87. The first-order valence-electron chi connectivity index (χ1n) is 31.4. The molecule has 2 amide bonds. The van der Waals surface area contributed by atoms with Gasteiger partial charge in [-0.25, -0.2) is 17.6 Å². The van der Waals surface area contributed by atoms with Crippen molar-refractivity contribution in [3.8, 4) is 22.3 Å². The summed E-state index contributed by atoms with van der Waals surface area (Å²) in [4.78, 5) is 82.1. The Balaban J connectivity index is 0.000000361. The number of carbonyl (C=O) groups is 4. The number of amides is 2. The van der Waals surface area contributed by atoms with Gasteiger partial charge >= 0.3 is 36.6 Å². The van der Waals surface area contributed by atoms with Crippen LogP contribution in [0.1, 0.15) is 151 Å². The van der Waals surface area contributed by atoms with Crippen LogP contribution in [-0.4, -0.2) is 95.7 Å². The fourth-order valence-electron chi connectivity index (χ4n) is 11.6. The lowest BCUT2D eigenvalue weighted by Crippen LogP contribution is -2.41. The first kappa shape index (κ1) is 82.1. The summed E-state index contributed by atoms with van der Waals surface area (Å²) in [5.74, 6) is -13.3. The summed E-state index contributed by atoms with van der Waals surface area (Å²) in [6.07, 6.45) is -21.9. The van der Waals surface area contributed by atoms with Crippen molar-refractivity contribution in [1.29, 1.82) is 0 Å². The van der Waals surface area contributed by atoms with Gasteiger partial charge in [-0.2, -0.15) is 52.7 Å². The molecule has 0 saturated carbocycles. The molecule has 2 heterocycles. The topological polar surface area (TPSA) is 172 Å². The number of carbonyl (C=O) groups excluding carboxylic acids is 3. The number of aryl methyl sites for hydroxylation is 4. The number of carboxylic acid groups (broad SMARTS) is 1. The lowest BCUT2D eigenvalue weighted by molar-refractivity contribution is -0.144. The van der Waals surface area contributed by atoms with Gasteiger partial charge in [-0.1, -0.05) is 64.1 Å². The van der Waals surface area contributed by atoms with E-state index in [4.69, 9.17) is 4.74 Å². The van der Waals surface area contributed by atoms with Crippen LogP contribution >= 0.6 is 0 Å². The highest BCUT2D eigenvalue weighted by Crippen LogP contribution is 2.45. The number of benzene rings is 4. The number of aliphatic carboxylic acids is 1. The predicted octanol–water partition coefficient (Wildman–Crippen LogP) is 15.4. The number of likely N-dealkylation sites (N-methyl/N-ethyl adjacent to an activating group) is 2. The number of nitrogens with one attached hydrogen (secondary N) is 2. The van der Waals surface area contributed by atoms with E-state index in [0.717, 1.165) is 17.0 Å². The molecule has 6 rings (SSSR count). The van der Waals surface area contributed by atoms with E-state index >= 15 is 17.6 Å². The second kappa shape index (κ2) is 33.3. The number of alkyl halides is 12. The smallest absolute Gasteiger partial charge is 0.419 e. The summed E-state index contributed by atoms with van der Waals surface area (Å²) in [5, 5.41) is 14.0. The molecular weight excluding hydrogens is 1360 g/mol. The third kappa shape index (κ3) is 20.6. The zero-order chi connectivity index (χ0) is 75.8. The Morgan fingerprint density at radius 1 is 0.510 bits per heavy atom. The molecule has 4 aromatic carbocycles. The van der Waals surface area contributed by atoms with Crippen molar-refractivity contribution in [3.05, 3.63) is 184 Å². The predicted molar refractivity (Wildman–Crippen MR) is 341 cm³/mol. The van der Waals surface area contributed by atoms with Crippen LogP contribution in [0.25, 0.3) is 22.3 Å². The maximum atomic E-state index is 16.6. The van der Waals surface area contributed by atoms with Crippen LogP contribution in [0.3, 0.4) is 0 Å². The summed E-state index contributed by atoms with van der Waals surface area (Å²) in [7, 11) is 6.47. The van der Waals surface area contributed by atoms with Crippen molar-refractivity contribution in [3.63, 3.8) is 0 Å². The fourth-order valence-corrected chi connectivity index (χ4v) is 11.6. The first-order valence-corrected chi connectivity index (χ1v) is 31.4. The normalized spacial score (nSPS) is 13.5. The van der Waals surface area contributed by atoms with Gasteiger partial charge in [0.25, 0.3) is 11.1 Å². The molecule has 0 aliphatic heterocycles. The Morgan fingerprint density at radius 2 is 0.830 bits per heavy atom. The molecule has 0 saturated heterocycles. The van der Waals surface area contributed by atoms with E-state index in [1.165, 1.54) is 58.9 Å². The molecule has 4 atom stereocenters. The maximum absolute atomic E-state index is 16.6. The first-order chi connectivity index (χ1) is 46.1. The highest BCUT2D eigenvalue weighted by atomic mass is 19.4. The van der Waals surface area contributed by atoms with Gasteiger partial charge in [0.15, 0.2) is 0 Å². The minimum Gasteiger partial charge on any atom is -0.481 e. The monoisotopic (exact) mass is 1430 g/mol. The van der Waals surface area contributed by atoms with Crippen LogP contribution in [0.5, 0.6) is 0 Å². The molecule has 3 N–H and O–H groups in total. The molecule has 2 unspecified atom stereocenters. The molecule has 2 aromatic heterocycles. The molecule has 30 heteroatoms. The number of halogens is 16. The molecule has 0 fully saturated rings. The van der Waals surface area contributed by atoms with Gasteiger partial charge in [0.05, 0.1) is 53.8 Å². The maximum Gasteiger partial charge on any atom is 0.419 e. The largest absolute Gasteiger partial charge is 0.481 e. The van der Waals surface area contributed by atoms with Crippen molar-refractivity contribution in [2.45, 2.75) is 150 Å². The van der Waals surface area contributed by atoms with Crippen LogP contribution in [0.15, 0.2) is 82.6 Å². The fraction of sp³-hybridized carbons (Fsp3) is 0.457. The van der Waals surface area contributed by atoms with Crippen LogP contribution in [-0.2, 0) is 61.5 Å². The summed E-state index contributed by atoms with van der Waals surface area (Å²) >= 11 is 0. The van der Waals surface area contributed by atoms with Crippen LogP contribution in [0.2, 0.25) is 0 Å². The van der Waals surface area contributed by atoms with Crippen molar-refractivity contribution < 1.29 is 99.3 Å². The number of pyridine rings is 2. The Kier molecular flexibility index (Phi) is 27.3. The molecule has 0 bridgehead atoms. The van der Waals surface area contributed by atoms with Gasteiger partial charge < -0.3 is 39.4 Å². The highest BCUT2D eigenvalue weighted by Gasteiger charge is 2.44. The SMILES string of the molecule is CCOC(=O)C[C@H](NC(=O)C(CC(C)C)n1cc(CCN(C)C)c(C(F)(F)F)cc1=O)c1c(F)c(-c2c(C)cccc2C)cc(C(F)(F)F)c1F.Cc1cccc(C)c1-c1cc(C(F)(F)F)c(F)c([C@H](CC(=O)O)NC(=O)C(CC(C)C)n2cc(CCN(C)C)c(C(F)(F)F)cc2=O)c1F. The molecular formula is C70H78F16N6O8. The summed E-state index contributed by atoms with van der Waals surface area (Å²) in [6.45, 7) is 14.0. The van der Waals surface area contributed by atoms with Gasteiger partial charge in [0.1, 0.15) is 35.4 Å². The van der Waals surface area contributed by atoms with Crippen LogP contribution < -0.4 is 21.8 Å². The second-order valence-corrected chi connectivity index (χ2v) is 25.6. The number of nitrogens with zero attached hydrogens (tertiary/aromatic N) is 4. The van der Waals surface area contributed by atoms with E-state index in [0.29, 0.717) is 45.0 Å². The number of hydrogen-bond donors (Lipinski definition) is 3. The van der Waals surface area contributed by atoms with E-state index in [-0.39, 0.29) is 79.6 Å². The zero-order valence-electron chi connectivity index (χ0n) is 56.9. The van der Waals surface area contributed by atoms with E-state index in [1.807, 2.05) is 0 Å². The van der Waals surface area contributed by atoms with Crippen molar-refractivity contribution in [2.75, 3.05) is 47.9 Å². The van der Waals surface area contributed by atoms with Gasteiger partial charge in [0.2, 0.25) is 11.8 Å². The molecule has 548 valence electrons. The van der Waals surface area contributed by atoms with Crippen molar-refractivity contribution >= 4 is 23.8 Å². The minimum absolute atomic E-state index is 0.00797. The Labute approximate surface area is 566 Å². The number of ether oxygens (including phenoxy) is 1. The third-order valence-electron chi connectivity index (χ3n) is 16.2. The molecule has 6 aromatic rings. The number of hydrogen-bond acceptors (Lipinski definition) is 9. The summed E-state index contributed by atoms with van der Waals surface area (Å²) in [5.41, 5.74) is -11.9. The Hall–Kier alpha value is -8.54. The number of aromatic nitrogens is 2. The molecule has 0 aliphatic rings. The van der Waals surface area contributed by atoms with Gasteiger partial charge in [-0.3, -0.25) is 28.8 Å². The van der Waals surface area contributed by atoms with E-state index in [1.54, 1.807) is 77.8 Å². The van der Waals surface area contributed by atoms with Crippen LogP contribution in [0, 0.1) is 62.8 Å². The van der Waals surface area contributed by atoms with Crippen molar-refractivity contribution in [1.82, 2.24) is 29.6 Å². The van der Waals surface area contributed by atoms with Gasteiger partial charge in [0, 0.05) is 59.9 Å². The molecule has 100 heavy (non-hydrogen) atoms. The number of carboxylic acids is 1. The average molecular weight is 1440 g/mol.